The van der Waals surface area contributed by atoms with Crippen LogP contribution in [0.25, 0.3) is 0 Å². The lowest BCUT2D eigenvalue weighted by Gasteiger charge is -2.28. The molecule has 2 aromatic rings. The van der Waals surface area contributed by atoms with Gasteiger partial charge in [0.05, 0.1) is 19.4 Å². The Morgan fingerprint density at radius 2 is 1.75 bits per heavy atom. The van der Waals surface area contributed by atoms with E-state index < -0.39 is 0 Å². The van der Waals surface area contributed by atoms with Crippen LogP contribution in [0, 0.1) is 6.92 Å². The van der Waals surface area contributed by atoms with E-state index in [1.165, 1.54) is 5.56 Å². The predicted octanol–water partition coefficient (Wildman–Crippen LogP) is 2.60. The van der Waals surface area contributed by atoms with Crippen molar-refractivity contribution < 1.29 is 9.53 Å². The average molecular weight is 323 g/mol. The molecule has 1 heterocycles. The van der Waals surface area contributed by atoms with Crippen LogP contribution in [0.15, 0.2) is 53.6 Å². The third-order valence-corrected chi connectivity index (χ3v) is 3.96. The van der Waals surface area contributed by atoms with Crippen molar-refractivity contribution in [3.05, 3.63) is 65.2 Å². The van der Waals surface area contributed by atoms with Gasteiger partial charge in [0, 0.05) is 24.3 Å². The zero-order valence-electron chi connectivity index (χ0n) is 13.7. The molecular formula is C19H21N3O2. The number of anilines is 1. The first-order valence-electron chi connectivity index (χ1n) is 8.05. The molecule has 5 heteroatoms. The maximum Gasteiger partial charge on any atom is 0.271 e. The fraction of sp³-hybridized carbons (Fsp3) is 0.263. The largest absolute Gasteiger partial charge is 0.378 e. The Morgan fingerprint density at radius 3 is 2.42 bits per heavy atom. The van der Waals surface area contributed by atoms with E-state index in [4.69, 9.17) is 4.74 Å². The summed E-state index contributed by atoms with van der Waals surface area (Å²) >= 11 is 0. The topological polar surface area (TPSA) is 53.9 Å². The number of nitrogens with one attached hydrogen (secondary N) is 1. The van der Waals surface area contributed by atoms with Crippen molar-refractivity contribution in [2.24, 2.45) is 5.10 Å². The molecule has 1 N–H and O–H groups in total. The summed E-state index contributed by atoms with van der Waals surface area (Å²) in [4.78, 5) is 14.4. The van der Waals surface area contributed by atoms with Gasteiger partial charge >= 0.3 is 0 Å². The molecule has 0 saturated carbocycles. The summed E-state index contributed by atoms with van der Waals surface area (Å²) in [5.41, 5.74) is 6.40. The molecule has 3 rings (SSSR count). The number of benzene rings is 2. The first-order valence-corrected chi connectivity index (χ1v) is 8.05. The summed E-state index contributed by atoms with van der Waals surface area (Å²) in [5.74, 6) is -0.216. The van der Waals surface area contributed by atoms with Crippen molar-refractivity contribution in [3.8, 4) is 0 Å². The lowest BCUT2D eigenvalue weighted by molar-refractivity contribution is 0.0955. The van der Waals surface area contributed by atoms with Crippen LogP contribution in [0.2, 0.25) is 0 Å². The van der Waals surface area contributed by atoms with Crippen LogP contribution >= 0.6 is 0 Å². The second-order valence-electron chi connectivity index (χ2n) is 5.76. The Hall–Kier alpha value is -2.66. The van der Waals surface area contributed by atoms with Gasteiger partial charge in [0.1, 0.15) is 0 Å². The van der Waals surface area contributed by atoms with Crippen LogP contribution in [-0.4, -0.2) is 38.4 Å². The number of ether oxygens (including phenoxy) is 1. The number of amides is 1. The number of hydrogen-bond donors (Lipinski definition) is 1. The van der Waals surface area contributed by atoms with E-state index in [2.05, 4.69) is 15.4 Å². The molecule has 1 aliphatic rings. The first-order chi connectivity index (χ1) is 11.7. The average Bonchev–Trinajstić information content (AvgIpc) is 2.64. The highest BCUT2D eigenvalue weighted by Gasteiger charge is 2.11. The van der Waals surface area contributed by atoms with Gasteiger partial charge < -0.3 is 9.64 Å². The second kappa shape index (κ2) is 7.75. The third-order valence-electron chi connectivity index (χ3n) is 3.96. The molecule has 0 radical (unpaired) electrons. The molecule has 0 aliphatic carbocycles. The molecule has 1 amide bonds. The number of rotatable bonds is 4. The molecule has 0 spiro atoms. The predicted molar refractivity (Wildman–Crippen MR) is 95.7 cm³/mol. The summed E-state index contributed by atoms with van der Waals surface area (Å²) in [5, 5.41) is 4.01. The molecule has 0 atom stereocenters. The smallest absolute Gasteiger partial charge is 0.271 e. The third kappa shape index (κ3) is 4.20. The molecular weight excluding hydrogens is 302 g/mol. The van der Waals surface area contributed by atoms with Crippen LogP contribution in [0.3, 0.4) is 0 Å². The molecule has 124 valence electrons. The second-order valence-corrected chi connectivity index (χ2v) is 5.76. The van der Waals surface area contributed by atoms with Crippen molar-refractivity contribution in [1.82, 2.24) is 5.43 Å². The summed E-state index contributed by atoms with van der Waals surface area (Å²) in [6.07, 6.45) is 1.64. The van der Waals surface area contributed by atoms with Gasteiger partial charge in [-0.25, -0.2) is 5.43 Å². The van der Waals surface area contributed by atoms with E-state index in [9.17, 15) is 4.79 Å². The Bertz CT molecular complexity index is 702. The normalized spacial score (nSPS) is 14.8. The van der Waals surface area contributed by atoms with Gasteiger partial charge in [0.25, 0.3) is 5.91 Å². The molecule has 0 aromatic heterocycles. The standard InChI is InChI=1S/C19H21N3O2/c1-15-2-4-16(5-3-15)14-20-21-19(23)17-6-8-18(9-7-17)22-10-12-24-13-11-22/h2-9,14H,10-13H2,1H3,(H,21,23)/b20-14+. The molecule has 1 aliphatic heterocycles. The Labute approximate surface area is 141 Å². The molecule has 1 saturated heterocycles. The number of hydrogen-bond acceptors (Lipinski definition) is 4. The molecule has 5 nitrogen and oxygen atoms in total. The van der Waals surface area contributed by atoms with Gasteiger partial charge in [-0.05, 0) is 36.8 Å². The van der Waals surface area contributed by atoms with Gasteiger partial charge in [0.2, 0.25) is 0 Å². The van der Waals surface area contributed by atoms with Crippen molar-refractivity contribution in [3.63, 3.8) is 0 Å². The molecule has 0 bridgehead atoms. The number of carbonyl (C=O) groups excluding carboxylic acids is 1. The van der Waals surface area contributed by atoms with E-state index in [0.29, 0.717) is 5.56 Å². The Balaban J connectivity index is 1.57. The molecule has 1 fully saturated rings. The van der Waals surface area contributed by atoms with E-state index in [1.807, 2.05) is 55.5 Å². The SMILES string of the molecule is Cc1ccc(/C=N/NC(=O)c2ccc(N3CCOCC3)cc2)cc1. The summed E-state index contributed by atoms with van der Waals surface area (Å²) in [6, 6.07) is 15.5. The number of carbonyl (C=O) groups is 1. The minimum Gasteiger partial charge on any atom is -0.378 e. The quantitative estimate of drug-likeness (QED) is 0.695. The van der Waals surface area contributed by atoms with Crippen LogP contribution in [0.4, 0.5) is 5.69 Å². The highest BCUT2D eigenvalue weighted by Crippen LogP contribution is 2.16. The molecule has 0 unspecified atom stereocenters. The highest BCUT2D eigenvalue weighted by atomic mass is 16.5. The number of hydrazone groups is 1. The molecule has 2 aromatic carbocycles. The van der Waals surface area contributed by atoms with E-state index in [0.717, 1.165) is 37.6 Å². The summed E-state index contributed by atoms with van der Waals surface area (Å²) in [6.45, 7) is 5.29. The zero-order valence-corrected chi connectivity index (χ0v) is 13.7. The van der Waals surface area contributed by atoms with E-state index in [1.54, 1.807) is 6.21 Å². The maximum absolute atomic E-state index is 12.1. The number of aryl methyl sites for hydroxylation is 1. The lowest BCUT2D eigenvalue weighted by atomic mass is 10.2. The fourth-order valence-corrected chi connectivity index (χ4v) is 2.53. The van der Waals surface area contributed by atoms with Gasteiger partial charge in [-0.1, -0.05) is 29.8 Å². The monoisotopic (exact) mass is 323 g/mol. The van der Waals surface area contributed by atoms with Gasteiger partial charge in [-0.3, -0.25) is 4.79 Å². The maximum atomic E-state index is 12.1. The van der Waals surface area contributed by atoms with Crippen molar-refractivity contribution in [2.45, 2.75) is 6.92 Å². The van der Waals surface area contributed by atoms with Crippen molar-refractivity contribution in [1.29, 1.82) is 0 Å². The van der Waals surface area contributed by atoms with Gasteiger partial charge in [-0.15, -0.1) is 0 Å². The fourth-order valence-electron chi connectivity index (χ4n) is 2.53. The highest BCUT2D eigenvalue weighted by molar-refractivity contribution is 5.95. The summed E-state index contributed by atoms with van der Waals surface area (Å²) < 4.78 is 5.35. The van der Waals surface area contributed by atoms with Crippen LogP contribution in [-0.2, 0) is 4.74 Å². The number of nitrogens with zero attached hydrogens (tertiary/aromatic N) is 2. The number of morpholine rings is 1. The molecule has 24 heavy (non-hydrogen) atoms. The van der Waals surface area contributed by atoms with E-state index >= 15 is 0 Å². The minimum absolute atomic E-state index is 0.216. The lowest BCUT2D eigenvalue weighted by Crippen LogP contribution is -2.36. The Morgan fingerprint density at radius 1 is 1.08 bits per heavy atom. The van der Waals surface area contributed by atoms with Crippen LogP contribution < -0.4 is 10.3 Å². The van der Waals surface area contributed by atoms with E-state index in [-0.39, 0.29) is 5.91 Å². The van der Waals surface area contributed by atoms with Crippen molar-refractivity contribution >= 4 is 17.8 Å². The van der Waals surface area contributed by atoms with Crippen LogP contribution in [0.5, 0.6) is 0 Å². The van der Waals surface area contributed by atoms with Gasteiger partial charge in [-0.2, -0.15) is 5.10 Å². The minimum atomic E-state index is -0.216. The van der Waals surface area contributed by atoms with Crippen LogP contribution in [0.1, 0.15) is 21.5 Å². The van der Waals surface area contributed by atoms with Crippen molar-refractivity contribution in [2.75, 3.05) is 31.2 Å². The van der Waals surface area contributed by atoms with Gasteiger partial charge in [0.15, 0.2) is 0 Å². The Kier molecular flexibility index (Phi) is 5.23. The first kappa shape index (κ1) is 16.2. The zero-order chi connectivity index (χ0) is 16.8. The summed E-state index contributed by atoms with van der Waals surface area (Å²) in [7, 11) is 0.